The Morgan fingerprint density at radius 3 is 2.50 bits per heavy atom. The number of fused-ring (bicyclic) bond motifs is 1. The fraction of sp³-hybridized carbons (Fsp3) is 0.375. The molecule has 0 aliphatic heterocycles. The van der Waals surface area contributed by atoms with Crippen LogP contribution in [0.15, 0.2) is 48.7 Å². The number of alkyl halides is 3. The lowest BCUT2D eigenvalue weighted by Crippen LogP contribution is -2.43. The first-order chi connectivity index (χ1) is 15.2. The first-order valence-electron chi connectivity index (χ1n) is 10.7. The minimum Gasteiger partial charge on any atom is -0.371 e. The number of nitrogens with zero attached hydrogens (tertiary/aromatic N) is 3. The summed E-state index contributed by atoms with van der Waals surface area (Å²) in [5.74, 6) is -0.194. The summed E-state index contributed by atoms with van der Waals surface area (Å²) in [6.45, 7) is 1.91. The van der Waals surface area contributed by atoms with E-state index in [1.807, 2.05) is 24.9 Å². The van der Waals surface area contributed by atoms with E-state index in [1.165, 1.54) is 0 Å². The Morgan fingerprint density at radius 1 is 1.09 bits per heavy atom. The van der Waals surface area contributed by atoms with Gasteiger partial charge in [0, 0.05) is 36.4 Å². The smallest absolute Gasteiger partial charge is 0.371 e. The molecule has 1 fully saturated rings. The molecule has 1 saturated carbocycles. The molecule has 1 aliphatic rings. The van der Waals surface area contributed by atoms with Crippen LogP contribution in [0.1, 0.15) is 47.4 Å². The molecule has 1 aliphatic carbocycles. The number of carbonyl (C=O) groups excluding carboxylic acids is 1. The summed E-state index contributed by atoms with van der Waals surface area (Å²) < 4.78 is 40.2. The van der Waals surface area contributed by atoms with Gasteiger partial charge in [0.25, 0.3) is 5.91 Å². The highest BCUT2D eigenvalue weighted by Crippen LogP contribution is 2.36. The van der Waals surface area contributed by atoms with Gasteiger partial charge in [-0.1, -0.05) is 18.2 Å². The SMILES string of the molecule is Cc1ccnc(C(=O)NC2CCC(N(C)c3cc(C(F)(F)F)nc4ccccc34)CC2)c1. The predicted octanol–water partition coefficient (Wildman–Crippen LogP) is 5.13. The van der Waals surface area contributed by atoms with Crippen LogP contribution in [0.25, 0.3) is 10.9 Å². The van der Waals surface area contributed by atoms with Crippen LogP contribution in [0, 0.1) is 6.92 Å². The number of halogens is 3. The van der Waals surface area contributed by atoms with Crippen LogP contribution in [0.5, 0.6) is 0 Å². The summed E-state index contributed by atoms with van der Waals surface area (Å²) in [5.41, 5.74) is 1.34. The third-order valence-corrected chi connectivity index (χ3v) is 6.09. The van der Waals surface area contributed by atoms with E-state index in [0.717, 1.165) is 37.3 Å². The Balaban J connectivity index is 1.47. The molecule has 1 aromatic carbocycles. The van der Waals surface area contributed by atoms with Gasteiger partial charge >= 0.3 is 6.18 Å². The van der Waals surface area contributed by atoms with Gasteiger partial charge in [-0.2, -0.15) is 13.2 Å². The zero-order chi connectivity index (χ0) is 22.9. The largest absolute Gasteiger partial charge is 0.433 e. The van der Waals surface area contributed by atoms with E-state index in [2.05, 4.69) is 15.3 Å². The minimum absolute atomic E-state index is 0.0226. The van der Waals surface area contributed by atoms with Crippen molar-refractivity contribution in [1.29, 1.82) is 0 Å². The second-order valence-electron chi connectivity index (χ2n) is 8.35. The lowest BCUT2D eigenvalue weighted by molar-refractivity contribution is -0.140. The van der Waals surface area contributed by atoms with Gasteiger partial charge in [-0.3, -0.25) is 9.78 Å². The van der Waals surface area contributed by atoms with E-state index in [9.17, 15) is 18.0 Å². The number of amides is 1. The van der Waals surface area contributed by atoms with Crippen molar-refractivity contribution in [3.8, 4) is 0 Å². The highest BCUT2D eigenvalue weighted by molar-refractivity contribution is 5.93. The molecule has 0 bridgehead atoms. The highest BCUT2D eigenvalue weighted by atomic mass is 19.4. The molecular weight excluding hydrogens is 417 g/mol. The van der Waals surface area contributed by atoms with E-state index >= 15 is 0 Å². The number of hydrogen-bond donors (Lipinski definition) is 1. The van der Waals surface area contributed by atoms with Crippen molar-refractivity contribution in [2.45, 2.75) is 50.9 Å². The number of hydrogen-bond acceptors (Lipinski definition) is 4. The molecule has 8 heteroatoms. The zero-order valence-electron chi connectivity index (χ0n) is 18.0. The molecule has 5 nitrogen and oxygen atoms in total. The van der Waals surface area contributed by atoms with E-state index in [0.29, 0.717) is 22.3 Å². The number of rotatable bonds is 4. The number of aromatic nitrogens is 2. The first kappa shape index (κ1) is 22.0. The molecule has 0 spiro atoms. The number of carbonyl (C=O) groups is 1. The Bertz CT molecular complexity index is 1120. The van der Waals surface area contributed by atoms with Crippen LogP contribution in [0.3, 0.4) is 0 Å². The lowest BCUT2D eigenvalue weighted by Gasteiger charge is -2.36. The summed E-state index contributed by atoms with van der Waals surface area (Å²) in [7, 11) is 1.84. The molecule has 0 unspecified atom stereocenters. The maximum Gasteiger partial charge on any atom is 0.433 e. The number of para-hydroxylation sites is 1. The van der Waals surface area contributed by atoms with Crippen LogP contribution < -0.4 is 10.2 Å². The number of aryl methyl sites for hydroxylation is 1. The van der Waals surface area contributed by atoms with E-state index in [1.54, 1.807) is 36.5 Å². The van der Waals surface area contributed by atoms with Crippen molar-refractivity contribution in [3.63, 3.8) is 0 Å². The first-order valence-corrected chi connectivity index (χ1v) is 10.7. The number of pyridine rings is 2. The Hall–Kier alpha value is -3.16. The van der Waals surface area contributed by atoms with Gasteiger partial charge in [0.15, 0.2) is 0 Å². The summed E-state index contributed by atoms with van der Waals surface area (Å²) in [4.78, 5) is 22.3. The average Bonchev–Trinajstić information content (AvgIpc) is 2.77. The van der Waals surface area contributed by atoms with Crippen LogP contribution >= 0.6 is 0 Å². The van der Waals surface area contributed by atoms with Gasteiger partial charge in [-0.05, 0) is 62.4 Å². The summed E-state index contributed by atoms with van der Waals surface area (Å²) in [6.07, 6.45) is 0.139. The van der Waals surface area contributed by atoms with Crippen molar-refractivity contribution < 1.29 is 18.0 Å². The van der Waals surface area contributed by atoms with Crippen LogP contribution in [-0.4, -0.2) is 35.0 Å². The summed E-state index contributed by atoms with van der Waals surface area (Å²) >= 11 is 0. The second-order valence-corrected chi connectivity index (χ2v) is 8.35. The standard InChI is InChI=1S/C24H25F3N4O/c1-15-11-12-28-20(13-15)23(32)29-16-7-9-17(10-8-16)31(2)21-14-22(24(25,26)27)30-19-6-4-3-5-18(19)21/h3-6,11-14,16-17H,7-10H2,1-2H3,(H,29,32). The molecule has 0 atom stereocenters. The van der Waals surface area contributed by atoms with Gasteiger partial charge in [0.05, 0.1) is 5.52 Å². The van der Waals surface area contributed by atoms with Crippen molar-refractivity contribution in [2.24, 2.45) is 0 Å². The second kappa shape index (κ2) is 8.76. The predicted molar refractivity (Wildman–Crippen MR) is 118 cm³/mol. The fourth-order valence-electron chi connectivity index (χ4n) is 4.32. The van der Waals surface area contributed by atoms with Gasteiger partial charge < -0.3 is 10.2 Å². The molecule has 2 heterocycles. The van der Waals surface area contributed by atoms with Crippen molar-refractivity contribution >= 4 is 22.5 Å². The van der Waals surface area contributed by atoms with E-state index in [-0.39, 0.29) is 18.0 Å². The van der Waals surface area contributed by atoms with E-state index in [4.69, 9.17) is 0 Å². The summed E-state index contributed by atoms with van der Waals surface area (Å²) in [5, 5.41) is 3.74. The average molecular weight is 442 g/mol. The molecule has 0 radical (unpaired) electrons. The molecule has 32 heavy (non-hydrogen) atoms. The Kier molecular flexibility index (Phi) is 6.04. The van der Waals surface area contributed by atoms with Crippen LogP contribution in [0.2, 0.25) is 0 Å². The Morgan fingerprint density at radius 2 is 1.81 bits per heavy atom. The lowest BCUT2D eigenvalue weighted by atomic mass is 9.89. The topological polar surface area (TPSA) is 58.1 Å². The maximum atomic E-state index is 13.4. The monoisotopic (exact) mass is 442 g/mol. The van der Waals surface area contributed by atoms with Crippen molar-refractivity contribution in [3.05, 3.63) is 65.6 Å². The number of nitrogens with one attached hydrogen (secondary N) is 1. The van der Waals surface area contributed by atoms with Gasteiger partial charge in [-0.15, -0.1) is 0 Å². The van der Waals surface area contributed by atoms with Gasteiger partial charge in [0.2, 0.25) is 0 Å². The van der Waals surface area contributed by atoms with E-state index < -0.39 is 11.9 Å². The summed E-state index contributed by atoms with van der Waals surface area (Å²) in [6, 6.07) is 11.7. The zero-order valence-corrected chi connectivity index (χ0v) is 18.0. The molecular formula is C24H25F3N4O. The van der Waals surface area contributed by atoms with Gasteiger partial charge in [-0.25, -0.2) is 4.98 Å². The van der Waals surface area contributed by atoms with Crippen molar-refractivity contribution in [2.75, 3.05) is 11.9 Å². The molecule has 0 saturated heterocycles. The number of anilines is 1. The highest BCUT2D eigenvalue weighted by Gasteiger charge is 2.34. The quantitative estimate of drug-likeness (QED) is 0.608. The molecule has 1 amide bonds. The minimum atomic E-state index is -4.51. The normalized spacial score (nSPS) is 19.0. The molecule has 3 aromatic rings. The van der Waals surface area contributed by atoms with Crippen LogP contribution in [0.4, 0.5) is 18.9 Å². The van der Waals surface area contributed by atoms with Gasteiger partial charge in [0.1, 0.15) is 11.4 Å². The number of benzene rings is 1. The molecule has 1 N–H and O–H groups in total. The third-order valence-electron chi connectivity index (χ3n) is 6.09. The molecule has 2 aromatic heterocycles. The molecule has 168 valence electrons. The Labute approximate surface area is 184 Å². The third kappa shape index (κ3) is 4.69. The fourth-order valence-corrected chi connectivity index (χ4v) is 4.32. The molecule has 4 rings (SSSR count). The van der Waals surface area contributed by atoms with Crippen LogP contribution in [-0.2, 0) is 6.18 Å². The van der Waals surface area contributed by atoms with Crippen molar-refractivity contribution in [1.82, 2.24) is 15.3 Å². The maximum absolute atomic E-state index is 13.4.